The average Bonchev–Trinajstić information content (AvgIpc) is 2.12. The first kappa shape index (κ1) is 10.1. The van der Waals surface area contributed by atoms with Gasteiger partial charge in [-0.25, -0.2) is 0 Å². The summed E-state index contributed by atoms with van der Waals surface area (Å²) in [6, 6.07) is 6.43. The Morgan fingerprint density at radius 1 is 1.08 bits per heavy atom. The fourth-order valence-corrected chi connectivity index (χ4v) is 1.59. The zero-order valence-electron chi connectivity index (χ0n) is 8.64. The highest BCUT2D eigenvalue weighted by atomic mass is 14.6. The van der Waals surface area contributed by atoms with E-state index in [0.29, 0.717) is 0 Å². The number of nitrogen functional groups attached to an aromatic ring is 1. The molecule has 72 valence electrons. The number of anilines is 1. The lowest BCUT2D eigenvalue weighted by atomic mass is 10.0. The zero-order valence-corrected chi connectivity index (χ0v) is 8.64. The number of benzene rings is 1. The molecule has 0 fully saturated rings. The second-order valence-electron chi connectivity index (χ2n) is 3.53. The predicted molar refractivity (Wildman–Crippen MR) is 58.8 cm³/mol. The Hall–Kier alpha value is -0.980. The molecule has 0 amide bonds. The molecule has 0 saturated heterocycles. The molecule has 1 aromatic rings. The Morgan fingerprint density at radius 2 is 1.77 bits per heavy atom. The maximum Gasteiger partial charge on any atom is 0.0346 e. The quantitative estimate of drug-likeness (QED) is 0.702. The molecular weight excluding hydrogens is 158 g/mol. The predicted octanol–water partition coefficient (Wildman–Crippen LogP) is 3.17. The van der Waals surface area contributed by atoms with Crippen LogP contribution in [-0.4, -0.2) is 0 Å². The van der Waals surface area contributed by atoms with E-state index >= 15 is 0 Å². The lowest BCUT2D eigenvalue weighted by Gasteiger charge is -2.06. The molecule has 13 heavy (non-hydrogen) atoms. The van der Waals surface area contributed by atoms with Crippen molar-refractivity contribution >= 4 is 5.69 Å². The standard InChI is InChI=1S/C12H19N/c1-3-5-10-7-8-12(13)11(9-10)6-4-2/h7-9H,3-6,13H2,1-2H3. The molecule has 0 aliphatic heterocycles. The van der Waals surface area contributed by atoms with Crippen molar-refractivity contribution in [1.29, 1.82) is 0 Å². The van der Waals surface area contributed by atoms with Crippen LogP contribution in [0.3, 0.4) is 0 Å². The highest BCUT2D eigenvalue weighted by Gasteiger charge is 1.99. The van der Waals surface area contributed by atoms with Crippen LogP contribution in [0.5, 0.6) is 0 Å². The van der Waals surface area contributed by atoms with Crippen molar-refractivity contribution in [2.24, 2.45) is 0 Å². The van der Waals surface area contributed by atoms with E-state index in [1.54, 1.807) is 0 Å². The molecule has 2 N–H and O–H groups in total. The van der Waals surface area contributed by atoms with E-state index < -0.39 is 0 Å². The molecule has 1 heteroatoms. The summed E-state index contributed by atoms with van der Waals surface area (Å²) in [5.41, 5.74) is 9.55. The Kier molecular flexibility index (Phi) is 3.81. The lowest BCUT2D eigenvalue weighted by Crippen LogP contribution is -1.95. The van der Waals surface area contributed by atoms with Gasteiger partial charge in [-0.15, -0.1) is 0 Å². The molecule has 0 bridgehead atoms. The van der Waals surface area contributed by atoms with Crippen molar-refractivity contribution < 1.29 is 0 Å². The second-order valence-corrected chi connectivity index (χ2v) is 3.53. The fourth-order valence-electron chi connectivity index (χ4n) is 1.59. The van der Waals surface area contributed by atoms with E-state index in [4.69, 9.17) is 5.73 Å². The van der Waals surface area contributed by atoms with E-state index in [1.807, 2.05) is 6.07 Å². The highest BCUT2D eigenvalue weighted by molar-refractivity contribution is 5.48. The first-order valence-electron chi connectivity index (χ1n) is 5.15. The van der Waals surface area contributed by atoms with Gasteiger partial charge in [-0.05, 0) is 30.0 Å². The van der Waals surface area contributed by atoms with E-state index in [2.05, 4.69) is 26.0 Å². The van der Waals surface area contributed by atoms with Crippen molar-refractivity contribution in [3.8, 4) is 0 Å². The van der Waals surface area contributed by atoms with E-state index in [9.17, 15) is 0 Å². The van der Waals surface area contributed by atoms with Gasteiger partial charge in [0.1, 0.15) is 0 Å². The summed E-state index contributed by atoms with van der Waals surface area (Å²) in [6.07, 6.45) is 4.63. The van der Waals surface area contributed by atoms with Crippen molar-refractivity contribution in [1.82, 2.24) is 0 Å². The molecular formula is C12H19N. The van der Waals surface area contributed by atoms with Crippen LogP contribution < -0.4 is 5.73 Å². The summed E-state index contributed by atoms with van der Waals surface area (Å²) in [4.78, 5) is 0. The molecule has 0 aliphatic rings. The number of aryl methyl sites for hydroxylation is 2. The van der Waals surface area contributed by atoms with Crippen LogP contribution in [-0.2, 0) is 12.8 Å². The molecule has 0 atom stereocenters. The van der Waals surface area contributed by atoms with Crippen molar-refractivity contribution in [3.63, 3.8) is 0 Å². The lowest BCUT2D eigenvalue weighted by molar-refractivity contribution is 0.897. The van der Waals surface area contributed by atoms with Gasteiger partial charge in [0.25, 0.3) is 0 Å². The van der Waals surface area contributed by atoms with E-state index in [1.165, 1.54) is 24.0 Å². The smallest absolute Gasteiger partial charge is 0.0346 e. The first-order valence-corrected chi connectivity index (χ1v) is 5.15. The molecule has 0 aliphatic carbocycles. The number of nitrogens with two attached hydrogens (primary N) is 1. The summed E-state index contributed by atoms with van der Waals surface area (Å²) in [5.74, 6) is 0. The summed E-state index contributed by atoms with van der Waals surface area (Å²) in [6.45, 7) is 4.39. The summed E-state index contributed by atoms with van der Waals surface area (Å²) >= 11 is 0. The van der Waals surface area contributed by atoms with E-state index in [-0.39, 0.29) is 0 Å². The van der Waals surface area contributed by atoms with Gasteiger partial charge in [0, 0.05) is 5.69 Å². The fraction of sp³-hybridized carbons (Fsp3) is 0.500. The van der Waals surface area contributed by atoms with Gasteiger partial charge in [0.05, 0.1) is 0 Å². The minimum atomic E-state index is 0.946. The Labute approximate surface area is 81.0 Å². The van der Waals surface area contributed by atoms with Crippen LogP contribution >= 0.6 is 0 Å². The molecule has 0 radical (unpaired) electrons. The Balaban J connectivity index is 2.83. The van der Waals surface area contributed by atoms with Crippen molar-refractivity contribution in [2.75, 3.05) is 5.73 Å². The summed E-state index contributed by atoms with van der Waals surface area (Å²) in [7, 11) is 0. The minimum absolute atomic E-state index is 0.946. The second kappa shape index (κ2) is 4.90. The maximum atomic E-state index is 5.87. The summed E-state index contributed by atoms with van der Waals surface area (Å²) in [5, 5.41) is 0. The Morgan fingerprint density at radius 3 is 2.38 bits per heavy atom. The van der Waals surface area contributed by atoms with Crippen LogP contribution in [0.15, 0.2) is 18.2 Å². The molecule has 1 aromatic carbocycles. The average molecular weight is 177 g/mol. The summed E-state index contributed by atoms with van der Waals surface area (Å²) < 4.78 is 0. The normalized spacial score (nSPS) is 10.3. The van der Waals surface area contributed by atoms with Crippen LogP contribution in [0.25, 0.3) is 0 Å². The monoisotopic (exact) mass is 177 g/mol. The molecule has 0 saturated carbocycles. The van der Waals surface area contributed by atoms with Crippen molar-refractivity contribution in [2.45, 2.75) is 39.5 Å². The topological polar surface area (TPSA) is 26.0 Å². The molecule has 1 nitrogen and oxygen atoms in total. The van der Waals surface area contributed by atoms with Gasteiger partial charge in [-0.2, -0.15) is 0 Å². The molecule has 0 spiro atoms. The van der Waals surface area contributed by atoms with Crippen LogP contribution in [0.4, 0.5) is 5.69 Å². The van der Waals surface area contributed by atoms with Crippen LogP contribution in [0, 0.1) is 0 Å². The Bertz CT molecular complexity index is 266. The van der Waals surface area contributed by atoms with Gasteiger partial charge >= 0.3 is 0 Å². The third-order valence-electron chi connectivity index (χ3n) is 2.27. The number of hydrogen-bond acceptors (Lipinski definition) is 1. The maximum absolute atomic E-state index is 5.87. The third-order valence-corrected chi connectivity index (χ3v) is 2.27. The first-order chi connectivity index (χ1) is 6.27. The third kappa shape index (κ3) is 2.76. The van der Waals surface area contributed by atoms with Crippen LogP contribution in [0.1, 0.15) is 37.8 Å². The SMILES string of the molecule is CCCc1ccc(N)c(CCC)c1. The number of rotatable bonds is 4. The van der Waals surface area contributed by atoms with Gasteiger partial charge in [-0.1, -0.05) is 38.8 Å². The highest BCUT2D eigenvalue weighted by Crippen LogP contribution is 2.16. The largest absolute Gasteiger partial charge is 0.399 e. The zero-order chi connectivity index (χ0) is 9.68. The van der Waals surface area contributed by atoms with Gasteiger partial charge < -0.3 is 5.73 Å². The molecule has 1 rings (SSSR count). The van der Waals surface area contributed by atoms with Crippen LogP contribution in [0.2, 0.25) is 0 Å². The molecule has 0 unspecified atom stereocenters. The molecule has 0 aromatic heterocycles. The van der Waals surface area contributed by atoms with Crippen molar-refractivity contribution in [3.05, 3.63) is 29.3 Å². The molecule has 0 heterocycles. The van der Waals surface area contributed by atoms with E-state index in [0.717, 1.165) is 18.5 Å². The van der Waals surface area contributed by atoms with Gasteiger partial charge in [0.15, 0.2) is 0 Å². The van der Waals surface area contributed by atoms with Gasteiger partial charge in [0.2, 0.25) is 0 Å². The number of hydrogen-bond donors (Lipinski definition) is 1. The van der Waals surface area contributed by atoms with Gasteiger partial charge in [-0.3, -0.25) is 0 Å². The minimum Gasteiger partial charge on any atom is -0.399 e.